The topological polar surface area (TPSA) is 79.3 Å². The summed E-state index contributed by atoms with van der Waals surface area (Å²) in [5.41, 5.74) is 2.22. The number of ether oxygens (including phenoxy) is 1. The molecule has 2 aromatic heterocycles. The van der Waals surface area contributed by atoms with Crippen LogP contribution in [0, 0.1) is 5.95 Å². The summed E-state index contributed by atoms with van der Waals surface area (Å²) in [6, 6.07) is 12.7. The molecule has 1 aliphatic heterocycles. The molecule has 0 amide bonds. The van der Waals surface area contributed by atoms with Gasteiger partial charge in [0.1, 0.15) is 24.4 Å². The quantitative estimate of drug-likeness (QED) is 0.137. The van der Waals surface area contributed by atoms with Crippen molar-refractivity contribution in [3.05, 3.63) is 75.6 Å². The van der Waals surface area contributed by atoms with Crippen molar-refractivity contribution in [3.8, 4) is 10.4 Å². The maximum Gasteiger partial charge on any atom is 0.221 e. The molecule has 3 heterocycles. The summed E-state index contributed by atoms with van der Waals surface area (Å²) in [5.74, 6) is -2.39. The first kappa shape index (κ1) is 39.7. The highest BCUT2D eigenvalue weighted by molar-refractivity contribution is 7.15. The van der Waals surface area contributed by atoms with Crippen LogP contribution in [0.5, 0.6) is 0 Å². The predicted molar refractivity (Wildman–Crippen MR) is 204 cm³/mol. The van der Waals surface area contributed by atoms with Crippen molar-refractivity contribution in [2.24, 2.45) is 0 Å². The number of halogens is 2. The third kappa shape index (κ3) is 11.0. The van der Waals surface area contributed by atoms with Gasteiger partial charge in [-0.2, -0.15) is 4.39 Å². The second-order valence-electron chi connectivity index (χ2n) is 16.4. The highest BCUT2D eigenvalue weighted by Gasteiger charge is 2.59. The van der Waals surface area contributed by atoms with Gasteiger partial charge in [0.05, 0.1) is 6.61 Å². The van der Waals surface area contributed by atoms with Crippen molar-refractivity contribution < 1.29 is 31.9 Å². The Morgan fingerprint density at radius 1 is 0.833 bits per heavy atom. The fourth-order valence-corrected chi connectivity index (χ4v) is 10.7. The molecule has 1 aromatic carbocycles. The molecule has 7 nitrogen and oxygen atoms in total. The Hall–Kier alpha value is -1.08. The Morgan fingerprint density at radius 2 is 1.46 bits per heavy atom. The summed E-state index contributed by atoms with van der Waals surface area (Å²) in [6.45, 7) is 25.9. The number of benzene rings is 1. The lowest BCUT2D eigenvalue weighted by Gasteiger charge is -2.54. The fourth-order valence-electron chi connectivity index (χ4n) is 5.55. The van der Waals surface area contributed by atoms with E-state index in [0.29, 0.717) is 17.0 Å². The molecule has 3 aromatic rings. The Morgan fingerprint density at radius 3 is 2.02 bits per heavy atom. The molecule has 1 fully saturated rings. The summed E-state index contributed by atoms with van der Waals surface area (Å²) in [4.78, 5) is 5.84. The first-order chi connectivity index (χ1) is 21.9. The number of aliphatic hydroxyl groups is 1. The molecule has 1 saturated heterocycles. The monoisotopic (exact) mass is 769 g/mol. The molecule has 0 saturated carbocycles. The highest BCUT2D eigenvalue weighted by Crippen LogP contribution is 2.44. The van der Waals surface area contributed by atoms with Gasteiger partial charge in [0.2, 0.25) is 11.7 Å². The molecule has 48 heavy (non-hydrogen) atoms. The van der Waals surface area contributed by atoms with Gasteiger partial charge in [0, 0.05) is 38.5 Å². The van der Waals surface area contributed by atoms with Gasteiger partial charge in [-0.1, -0.05) is 17.7 Å². The molecular weight excluding hydrogens is 717 g/mol. The van der Waals surface area contributed by atoms with Crippen LogP contribution in [0.25, 0.3) is 10.4 Å². The van der Waals surface area contributed by atoms with Gasteiger partial charge < -0.3 is 27.5 Å². The van der Waals surface area contributed by atoms with E-state index >= 15 is 0 Å². The van der Waals surface area contributed by atoms with Gasteiger partial charge in [0.15, 0.2) is 33.3 Å². The third-order valence-corrected chi connectivity index (χ3v) is 12.8. The van der Waals surface area contributed by atoms with Crippen molar-refractivity contribution in [1.82, 2.24) is 4.98 Å². The van der Waals surface area contributed by atoms with Crippen molar-refractivity contribution in [1.29, 1.82) is 0 Å². The fraction of sp³-hybridized carbons (Fsp3) is 0.559. The van der Waals surface area contributed by atoms with Crippen molar-refractivity contribution in [3.63, 3.8) is 0 Å². The lowest BCUT2D eigenvalue weighted by molar-refractivity contribution is -0.348. The molecule has 0 radical (unpaired) electrons. The standard InChI is InChI=1S/C34H53ClFNO6SSi4/c1-45(2,3)39-22-28-31(41-46(4,5)6)32(42-47(7,8)9)33(43-48(10,11)12)34(38,40-28)25-14-16-27(35)24(19-25)20-26-15-17-29(44-26)23-13-18-30(36)37-21-23/h13-19,21,28,31-33,38H,20,22H2,1-12H3/t28?,31-,32?,33-,34?/m1/s1. The largest absolute Gasteiger partial charge is 0.415 e. The van der Waals surface area contributed by atoms with E-state index in [1.807, 2.05) is 30.3 Å². The molecule has 0 bridgehead atoms. The van der Waals surface area contributed by atoms with Crippen LogP contribution in [-0.2, 0) is 34.6 Å². The lowest BCUT2D eigenvalue weighted by Crippen LogP contribution is -2.69. The van der Waals surface area contributed by atoms with Crippen molar-refractivity contribution in [2.45, 2.75) is 115 Å². The van der Waals surface area contributed by atoms with E-state index < -0.39 is 69.4 Å². The molecule has 266 valence electrons. The minimum atomic E-state index is -2.29. The average molecular weight is 771 g/mol. The maximum absolute atomic E-state index is 13.4. The van der Waals surface area contributed by atoms with E-state index in [0.717, 1.165) is 20.9 Å². The molecule has 3 unspecified atom stereocenters. The van der Waals surface area contributed by atoms with E-state index in [-0.39, 0.29) is 6.61 Å². The molecule has 5 atom stereocenters. The number of hydrogen-bond acceptors (Lipinski definition) is 8. The van der Waals surface area contributed by atoms with Gasteiger partial charge >= 0.3 is 0 Å². The molecule has 4 rings (SSSR count). The van der Waals surface area contributed by atoms with Crippen LogP contribution in [0.3, 0.4) is 0 Å². The van der Waals surface area contributed by atoms with Crippen LogP contribution in [0.2, 0.25) is 83.6 Å². The van der Waals surface area contributed by atoms with E-state index in [1.165, 1.54) is 12.3 Å². The van der Waals surface area contributed by atoms with E-state index in [2.05, 4.69) is 83.5 Å². The van der Waals surface area contributed by atoms with Crippen LogP contribution in [0.15, 0.2) is 48.7 Å². The molecule has 1 N–H and O–H groups in total. The van der Waals surface area contributed by atoms with Gasteiger partial charge in [0.25, 0.3) is 0 Å². The average Bonchev–Trinajstić information content (AvgIpc) is 3.39. The Balaban J connectivity index is 1.81. The van der Waals surface area contributed by atoms with Crippen LogP contribution >= 0.6 is 22.9 Å². The van der Waals surface area contributed by atoms with Crippen molar-refractivity contribution >= 4 is 56.2 Å². The van der Waals surface area contributed by atoms with Crippen LogP contribution in [0.4, 0.5) is 4.39 Å². The first-order valence-corrected chi connectivity index (χ1v) is 31.3. The number of thiophene rings is 1. The van der Waals surface area contributed by atoms with Gasteiger partial charge in [-0.15, -0.1) is 11.3 Å². The van der Waals surface area contributed by atoms with E-state index in [9.17, 15) is 9.50 Å². The van der Waals surface area contributed by atoms with Crippen LogP contribution < -0.4 is 0 Å². The van der Waals surface area contributed by atoms with Gasteiger partial charge in [-0.25, -0.2) is 4.98 Å². The summed E-state index contributed by atoms with van der Waals surface area (Å²) < 4.78 is 47.5. The minimum Gasteiger partial charge on any atom is -0.415 e. The Kier molecular flexibility index (Phi) is 12.3. The zero-order valence-corrected chi connectivity index (χ0v) is 36.0. The van der Waals surface area contributed by atoms with Crippen LogP contribution in [0.1, 0.15) is 16.0 Å². The second-order valence-corrected chi connectivity index (χ2v) is 35.9. The maximum atomic E-state index is 13.4. The summed E-state index contributed by atoms with van der Waals surface area (Å²) >= 11 is 8.40. The normalized spacial score (nSPS) is 24.2. The lowest BCUT2D eigenvalue weighted by atomic mass is 9.87. The number of hydrogen-bond donors (Lipinski definition) is 1. The number of pyridine rings is 1. The third-order valence-electron chi connectivity index (χ3n) is 7.34. The number of aromatic nitrogens is 1. The molecule has 0 aliphatic carbocycles. The molecule has 14 heteroatoms. The summed E-state index contributed by atoms with van der Waals surface area (Å²) in [5, 5.41) is 13.5. The van der Waals surface area contributed by atoms with Crippen LogP contribution in [-0.4, -0.2) is 74.4 Å². The SMILES string of the molecule is C[Si](C)(C)OCC1OC(O)(c2ccc(Cl)c(Cc3ccc(-c4ccc(F)nc4)s3)c2)[C@H](O[Si](C)(C)C)C(O[Si](C)(C)C)[C@@H]1O[Si](C)(C)C. The van der Waals surface area contributed by atoms with E-state index in [1.54, 1.807) is 17.4 Å². The van der Waals surface area contributed by atoms with Crippen molar-refractivity contribution in [2.75, 3.05) is 6.61 Å². The Labute approximate surface area is 299 Å². The summed E-state index contributed by atoms with van der Waals surface area (Å²) in [7, 11) is -8.59. The first-order valence-electron chi connectivity index (χ1n) is 16.5. The molecule has 1 aliphatic rings. The summed E-state index contributed by atoms with van der Waals surface area (Å²) in [6.07, 6.45) is -0.521. The van der Waals surface area contributed by atoms with Gasteiger partial charge in [-0.3, -0.25) is 0 Å². The number of rotatable bonds is 13. The Bertz CT molecular complexity index is 1540. The minimum absolute atomic E-state index is 0.259. The van der Waals surface area contributed by atoms with Gasteiger partial charge in [-0.05, 0) is 121 Å². The van der Waals surface area contributed by atoms with E-state index in [4.69, 9.17) is 34.0 Å². The second kappa shape index (κ2) is 14.9. The zero-order chi connectivity index (χ0) is 35.9. The predicted octanol–water partition coefficient (Wildman–Crippen LogP) is 9.25. The molecular formula is C34H53ClFNO6SSi4. The highest BCUT2D eigenvalue weighted by atomic mass is 35.5. The smallest absolute Gasteiger partial charge is 0.221 e. The zero-order valence-electron chi connectivity index (χ0n) is 30.4. The molecule has 0 spiro atoms. The number of nitrogens with zero attached hydrogens (tertiary/aromatic N) is 1.